The maximum atomic E-state index is 11.6. The number of carboxylic acid groups (broad SMARTS) is 1. The SMILES string of the molecule is C=C(C)CC(C)C(=O)NC(C)CCC(=O)O. The molecule has 0 bridgehead atoms. The molecular formula is C12H21NO3. The molecule has 16 heavy (non-hydrogen) atoms. The third kappa shape index (κ3) is 7.04. The van der Waals surface area contributed by atoms with Crippen molar-refractivity contribution in [2.75, 3.05) is 0 Å². The van der Waals surface area contributed by atoms with Gasteiger partial charge in [-0.1, -0.05) is 12.5 Å². The van der Waals surface area contributed by atoms with E-state index in [2.05, 4.69) is 11.9 Å². The lowest BCUT2D eigenvalue weighted by molar-refractivity contribution is -0.137. The number of allylic oxidation sites excluding steroid dienone is 1. The van der Waals surface area contributed by atoms with Crippen molar-refractivity contribution in [1.82, 2.24) is 5.32 Å². The van der Waals surface area contributed by atoms with Crippen molar-refractivity contribution >= 4 is 11.9 Å². The molecule has 2 N–H and O–H groups in total. The third-order valence-electron chi connectivity index (χ3n) is 2.28. The molecule has 0 aromatic rings. The van der Waals surface area contributed by atoms with Gasteiger partial charge in [0.15, 0.2) is 0 Å². The van der Waals surface area contributed by atoms with Crippen LogP contribution in [0.4, 0.5) is 0 Å². The van der Waals surface area contributed by atoms with E-state index >= 15 is 0 Å². The lowest BCUT2D eigenvalue weighted by Crippen LogP contribution is -2.36. The van der Waals surface area contributed by atoms with Crippen LogP contribution in [0.1, 0.15) is 40.0 Å². The fourth-order valence-corrected chi connectivity index (χ4v) is 1.41. The molecule has 0 saturated heterocycles. The van der Waals surface area contributed by atoms with Gasteiger partial charge in [-0.2, -0.15) is 0 Å². The van der Waals surface area contributed by atoms with E-state index in [0.29, 0.717) is 12.8 Å². The average molecular weight is 227 g/mol. The summed E-state index contributed by atoms with van der Waals surface area (Å²) in [6.45, 7) is 9.30. The van der Waals surface area contributed by atoms with Gasteiger partial charge in [0, 0.05) is 18.4 Å². The highest BCUT2D eigenvalue weighted by Gasteiger charge is 2.15. The molecule has 0 aliphatic rings. The van der Waals surface area contributed by atoms with Crippen LogP contribution in [0.2, 0.25) is 0 Å². The standard InChI is InChI=1S/C12H21NO3/c1-8(2)7-9(3)12(16)13-10(4)5-6-11(14)15/h9-10H,1,5-7H2,2-4H3,(H,13,16)(H,14,15). The predicted octanol–water partition coefficient (Wildman–Crippen LogP) is 1.96. The first-order chi connectivity index (χ1) is 7.32. The Morgan fingerprint density at radius 2 is 1.94 bits per heavy atom. The van der Waals surface area contributed by atoms with Crippen LogP contribution in [0.5, 0.6) is 0 Å². The molecule has 4 nitrogen and oxygen atoms in total. The summed E-state index contributed by atoms with van der Waals surface area (Å²) in [4.78, 5) is 22.0. The number of carboxylic acids is 1. The Kier molecular flexibility index (Phi) is 6.46. The summed E-state index contributed by atoms with van der Waals surface area (Å²) >= 11 is 0. The molecule has 92 valence electrons. The average Bonchev–Trinajstić information content (AvgIpc) is 2.13. The second-order valence-corrected chi connectivity index (χ2v) is 4.40. The van der Waals surface area contributed by atoms with Crippen LogP contribution in [0.25, 0.3) is 0 Å². The molecule has 0 aromatic carbocycles. The van der Waals surface area contributed by atoms with E-state index in [9.17, 15) is 9.59 Å². The molecule has 0 rings (SSSR count). The maximum Gasteiger partial charge on any atom is 0.303 e. The molecule has 0 aliphatic carbocycles. The zero-order valence-electron chi connectivity index (χ0n) is 10.2. The molecule has 0 aromatic heterocycles. The molecule has 4 heteroatoms. The topological polar surface area (TPSA) is 66.4 Å². The van der Waals surface area contributed by atoms with Gasteiger partial charge in [0.1, 0.15) is 0 Å². The van der Waals surface area contributed by atoms with E-state index in [0.717, 1.165) is 5.57 Å². The lowest BCUT2D eigenvalue weighted by atomic mass is 10.0. The number of carbonyl (C=O) groups excluding carboxylic acids is 1. The first kappa shape index (κ1) is 14.7. The normalized spacial score (nSPS) is 13.9. The maximum absolute atomic E-state index is 11.6. The minimum absolute atomic E-state index is 0.0408. The van der Waals surface area contributed by atoms with Gasteiger partial charge in [-0.05, 0) is 26.7 Å². The quantitative estimate of drug-likeness (QED) is 0.653. The molecule has 0 saturated carbocycles. The molecule has 0 heterocycles. The van der Waals surface area contributed by atoms with E-state index < -0.39 is 5.97 Å². The fourth-order valence-electron chi connectivity index (χ4n) is 1.41. The van der Waals surface area contributed by atoms with E-state index in [1.807, 2.05) is 20.8 Å². The highest BCUT2D eigenvalue weighted by atomic mass is 16.4. The summed E-state index contributed by atoms with van der Waals surface area (Å²) in [5.41, 5.74) is 0.973. The minimum Gasteiger partial charge on any atom is -0.481 e. The molecule has 0 spiro atoms. The zero-order chi connectivity index (χ0) is 12.7. The summed E-state index contributed by atoms with van der Waals surface area (Å²) in [6.07, 6.45) is 1.20. The van der Waals surface area contributed by atoms with Crippen molar-refractivity contribution in [3.8, 4) is 0 Å². The highest BCUT2D eigenvalue weighted by Crippen LogP contribution is 2.09. The summed E-state index contributed by atoms with van der Waals surface area (Å²) in [5, 5.41) is 11.3. The molecule has 0 radical (unpaired) electrons. The second-order valence-electron chi connectivity index (χ2n) is 4.40. The van der Waals surface area contributed by atoms with Gasteiger partial charge >= 0.3 is 5.97 Å². The van der Waals surface area contributed by atoms with E-state index in [-0.39, 0.29) is 24.3 Å². The zero-order valence-corrected chi connectivity index (χ0v) is 10.2. The van der Waals surface area contributed by atoms with Crippen LogP contribution in [0.3, 0.4) is 0 Å². The van der Waals surface area contributed by atoms with Crippen LogP contribution < -0.4 is 5.32 Å². The van der Waals surface area contributed by atoms with E-state index in [1.54, 1.807) is 0 Å². The highest BCUT2D eigenvalue weighted by molar-refractivity contribution is 5.78. The van der Waals surface area contributed by atoms with Crippen molar-refractivity contribution < 1.29 is 14.7 Å². The monoisotopic (exact) mass is 227 g/mol. The molecule has 1 amide bonds. The van der Waals surface area contributed by atoms with Crippen LogP contribution >= 0.6 is 0 Å². The van der Waals surface area contributed by atoms with Gasteiger partial charge in [-0.15, -0.1) is 6.58 Å². The summed E-state index contributed by atoms with van der Waals surface area (Å²) in [7, 11) is 0. The Hall–Kier alpha value is -1.32. The van der Waals surface area contributed by atoms with Crippen molar-refractivity contribution in [2.45, 2.75) is 46.1 Å². The number of aliphatic carboxylic acids is 1. The number of carbonyl (C=O) groups is 2. The van der Waals surface area contributed by atoms with Gasteiger partial charge < -0.3 is 10.4 Å². The van der Waals surface area contributed by atoms with Crippen LogP contribution in [-0.4, -0.2) is 23.0 Å². The number of rotatable bonds is 7. The van der Waals surface area contributed by atoms with E-state index in [1.165, 1.54) is 0 Å². The van der Waals surface area contributed by atoms with Gasteiger partial charge in [0.05, 0.1) is 0 Å². The Bertz CT molecular complexity index is 273. The number of amides is 1. The molecule has 2 atom stereocenters. The Balaban J connectivity index is 3.93. The molecule has 0 fully saturated rings. The van der Waals surface area contributed by atoms with E-state index in [4.69, 9.17) is 5.11 Å². The summed E-state index contributed by atoms with van der Waals surface area (Å²) < 4.78 is 0. The van der Waals surface area contributed by atoms with Gasteiger partial charge in [0.25, 0.3) is 0 Å². The van der Waals surface area contributed by atoms with Gasteiger partial charge in [-0.3, -0.25) is 9.59 Å². The lowest BCUT2D eigenvalue weighted by Gasteiger charge is -2.16. The molecular weight excluding hydrogens is 206 g/mol. The number of hydrogen-bond acceptors (Lipinski definition) is 2. The smallest absolute Gasteiger partial charge is 0.303 e. The third-order valence-corrected chi connectivity index (χ3v) is 2.28. The first-order valence-corrected chi connectivity index (χ1v) is 5.49. The second kappa shape index (κ2) is 7.04. The predicted molar refractivity (Wildman–Crippen MR) is 63.1 cm³/mol. The van der Waals surface area contributed by atoms with Crippen molar-refractivity contribution in [1.29, 1.82) is 0 Å². The van der Waals surface area contributed by atoms with Crippen molar-refractivity contribution in [3.63, 3.8) is 0 Å². The molecule has 0 aliphatic heterocycles. The number of nitrogens with one attached hydrogen (secondary N) is 1. The van der Waals surface area contributed by atoms with Crippen LogP contribution in [0, 0.1) is 5.92 Å². The largest absolute Gasteiger partial charge is 0.481 e. The van der Waals surface area contributed by atoms with Crippen molar-refractivity contribution in [3.05, 3.63) is 12.2 Å². The Morgan fingerprint density at radius 3 is 2.38 bits per heavy atom. The summed E-state index contributed by atoms with van der Waals surface area (Å²) in [6, 6.07) is -0.101. The van der Waals surface area contributed by atoms with Crippen LogP contribution in [0.15, 0.2) is 12.2 Å². The van der Waals surface area contributed by atoms with Crippen LogP contribution in [-0.2, 0) is 9.59 Å². The molecule has 2 unspecified atom stereocenters. The minimum atomic E-state index is -0.837. The van der Waals surface area contributed by atoms with Crippen molar-refractivity contribution in [2.24, 2.45) is 5.92 Å². The van der Waals surface area contributed by atoms with Gasteiger partial charge in [-0.25, -0.2) is 0 Å². The van der Waals surface area contributed by atoms with Gasteiger partial charge in [0.2, 0.25) is 5.91 Å². The summed E-state index contributed by atoms with van der Waals surface area (Å²) in [5.74, 6) is -0.984. The Labute approximate surface area is 96.7 Å². The first-order valence-electron chi connectivity index (χ1n) is 5.49. The fraction of sp³-hybridized carbons (Fsp3) is 0.667. The Morgan fingerprint density at radius 1 is 1.38 bits per heavy atom. The number of hydrogen-bond donors (Lipinski definition) is 2.